The Morgan fingerprint density at radius 1 is 1.19 bits per heavy atom. The minimum atomic E-state index is -3.65. The normalized spacial score (nSPS) is 17.7. The Kier molecular flexibility index (Phi) is 7.00. The van der Waals surface area contributed by atoms with Crippen LogP contribution in [0.25, 0.3) is 0 Å². The zero-order valence-corrected chi connectivity index (χ0v) is 19.1. The topological polar surface area (TPSA) is 103 Å². The van der Waals surface area contributed by atoms with Crippen LogP contribution in [0.15, 0.2) is 35.5 Å². The van der Waals surface area contributed by atoms with Crippen molar-refractivity contribution >= 4 is 15.9 Å². The van der Waals surface area contributed by atoms with Crippen LogP contribution in [0.5, 0.6) is 11.5 Å². The molecule has 3 heterocycles. The number of piperidine rings is 1. The monoisotopic (exact) mass is 462 g/mol. The van der Waals surface area contributed by atoms with E-state index in [-0.39, 0.29) is 16.7 Å². The number of nitrogens with zero attached hydrogens (tertiary/aromatic N) is 3. The molecule has 0 unspecified atom stereocenters. The van der Waals surface area contributed by atoms with E-state index in [9.17, 15) is 13.2 Å². The first-order valence-electron chi connectivity index (χ1n) is 11.1. The van der Waals surface area contributed by atoms with Crippen LogP contribution >= 0.6 is 0 Å². The van der Waals surface area contributed by atoms with Crippen molar-refractivity contribution in [1.82, 2.24) is 19.4 Å². The van der Waals surface area contributed by atoms with Gasteiger partial charge in [0, 0.05) is 50.8 Å². The Hall–Kier alpha value is -2.59. The van der Waals surface area contributed by atoms with Crippen LogP contribution in [-0.2, 0) is 21.4 Å². The summed E-state index contributed by atoms with van der Waals surface area (Å²) in [7, 11) is -3.65. The molecule has 32 heavy (non-hydrogen) atoms. The second kappa shape index (κ2) is 9.91. The summed E-state index contributed by atoms with van der Waals surface area (Å²) in [5, 5.41) is 7.21. The largest absolute Gasteiger partial charge is 0.490 e. The molecule has 1 N–H and O–H groups in total. The van der Waals surface area contributed by atoms with Crippen LogP contribution in [0, 0.1) is 12.8 Å². The smallest absolute Gasteiger partial charge is 0.243 e. The lowest BCUT2D eigenvalue weighted by Gasteiger charge is -2.30. The third-order valence-corrected chi connectivity index (χ3v) is 7.70. The second-order valence-electron chi connectivity index (χ2n) is 8.26. The molecule has 0 spiro atoms. The molecule has 1 aromatic carbocycles. The van der Waals surface area contributed by atoms with Crippen molar-refractivity contribution in [2.45, 2.75) is 44.0 Å². The summed E-state index contributed by atoms with van der Waals surface area (Å²) in [4.78, 5) is 12.7. The molecule has 0 bridgehead atoms. The molecule has 0 radical (unpaired) electrons. The highest BCUT2D eigenvalue weighted by atomic mass is 32.2. The number of nitrogens with one attached hydrogen (secondary N) is 1. The first kappa shape index (κ1) is 22.6. The van der Waals surface area contributed by atoms with E-state index in [1.807, 2.05) is 24.0 Å². The zero-order valence-electron chi connectivity index (χ0n) is 18.3. The highest BCUT2D eigenvalue weighted by Crippen LogP contribution is 2.33. The summed E-state index contributed by atoms with van der Waals surface area (Å²) in [6, 6.07) is 4.75. The summed E-state index contributed by atoms with van der Waals surface area (Å²) in [5.41, 5.74) is 1.11. The number of sulfonamides is 1. The Morgan fingerprint density at radius 3 is 2.66 bits per heavy atom. The van der Waals surface area contributed by atoms with Crippen molar-refractivity contribution in [3.8, 4) is 11.5 Å². The lowest BCUT2D eigenvalue weighted by molar-refractivity contribution is -0.126. The average Bonchev–Trinajstić information content (AvgIpc) is 3.07. The van der Waals surface area contributed by atoms with E-state index in [1.54, 1.807) is 12.1 Å². The lowest BCUT2D eigenvalue weighted by Crippen LogP contribution is -2.43. The molecule has 0 saturated carbocycles. The third kappa shape index (κ3) is 5.24. The first-order chi connectivity index (χ1) is 15.4. The van der Waals surface area contributed by atoms with Crippen molar-refractivity contribution in [3.05, 3.63) is 36.2 Å². The molecule has 0 atom stereocenters. The fraction of sp³-hybridized carbons (Fsp3) is 0.545. The predicted octanol–water partition coefficient (Wildman–Crippen LogP) is 1.96. The lowest BCUT2D eigenvalue weighted by atomic mass is 9.97. The van der Waals surface area contributed by atoms with E-state index in [0.717, 1.165) is 24.9 Å². The van der Waals surface area contributed by atoms with Crippen LogP contribution in [0.1, 0.15) is 31.2 Å². The maximum atomic E-state index is 13.1. The van der Waals surface area contributed by atoms with E-state index in [0.29, 0.717) is 57.2 Å². The number of carbonyl (C=O) groups is 1. The van der Waals surface area contributed by atoms with Gasteiger partial charge in [0.2, 0.25) is 15.9 Å². The number of benzene rings is 1. The molecule has 1 aromatic heterocycles. The SMILES string of the molecule is Cc1cnn(CCCNC(=O)C2CCN(S(=O)(=O)c3ccc4c(c3)OCCCO4)CC2)c1. The highest BCUT2D eigenvalue weighted by Gasteiger charge is 2.32. The molecule has 0 aliphatic carbocycles. The number of aromatic nitrogens is 2. The Morgan fingerprint density at radius 2 is 1.94 bits per heavy atom. The fourth-order valence-corrected chi connectivity index (χ4v) is 5.48. The number of aryl methyl sites for hydroxylation is 2. The van der Waals surface area contributed by atoms with Crippen molar-refractivity contribution in [3.63, 3.8) is 0 Å². The van der Waals surface area contributed by atoms with E-state index >= 15 is 0 Å². The Bertz CT molecular complexity index is 1040. The van der Waals surface area contributed by atoms with Crippen molar-refractivity contribution in [2.24, 2.45) is 5.92 Å². The van der Waals surface area contributed by atoms with Gasteiger partial charge in [-0.15, -0.1) is 0 Å². The summed E-state index contributed by atoms with van der Waals surface area (Å²) in [6.07, 6.45) is 6.36. The van der Waals surface area contributed by atoms with Crippen LogP contribution in [-0.4, -0.2) is 61.3 Å². The van der Waals surface area contributed by atoms with E-state index in [2.05, 4.69) is 10.4 Å². The van der Waals surface area contributed by atoms with Gasteiger partial charge in [-0.2, -0.15) is 9.40 Å². The molecular formula is C22H30N4O5S. The van der Waals surface area contributed by atoms with Crippen LogP contribution in [0.3, 0.4) is 0 Å². The third-order valence-electron chi connectivity index (χ3n) is 5.81. The molecular weight excluding hydrogens is 432 g/mol. The molecule has 2 aliphatic heterocycles. The minimum Gasteiger partial charge on any atom is -0.490 e. The van der Waals surface area contributed by atoms with E-state index in [4.69, 9.17) is 9.47 Å². The Labute approximate surface area is 188 Å². The number of carbonyl (C=O) groups excluding carboxylic acids is 1. The molecule has 4 rings (SSSR count). The van der Waals surface area contributed by atoms with Gasteiger partial charge >= 0.3 is 0 Å². The average molecular weight is 463 g/mol. The fourth-order valence-electron chi connectivity index (χ4n) is 4.00. The van der Waals surface area contributed by atoms with Crippen molar-refractivity contribution < 1.29 is 22.7 Å². The van der Waals surface area contributed by atoms with Crippen LogP contribution in [0.4, 0.5) is 0 Å². The van der Waals surface area contributed by atoms with E-state index in [1.165, 1.54) is 10.4 Å². The van der Waals surface area contributed by atoms with Crippen LogP contribution < -0.4 is 14.8 Å². The number of rotatable bonds is 7. The maximum Gasteiger partial charge on any atom is 0.243 e. The van der Waals surface area contributed by atoms with Gasteiger partial charge in [0.25, 0.3) is 0 Å². The number of fused-ring (bicyclic) bond motifs is 1. The van der Waals surface area contributed by atoms with Gasteiger partial charge in [-0.25, -0.2) is 8.42 Å². The molecule has 2 aliphatic rings. The van der Waals surface area contributed by atoms with Gasteiger partial charge < -0.3 is 14.8 Å². The molecule has 1 amide bonds. The van der Waals surface area contributed by atoms with Crippen molar-refractivity contribution in [2.75, 3.05) is 32.8 Å². The quantitative estimate of drug-likeness (QED) is 0.631. The molecule has 174 valence electrons. The second-order valence-corrected chi connectivity index (χ2v) is 10.2. The summed E-state index contributed by atoms with van der Waals surface area (Å²) >= 11 is 0. The van der Waals surface area contributed by atoms with Crippen LogP contribution in [0.2, 0.25) is 0 Å². The first-order valence-corrected chi connectivity index (χ1v) is 12.5. The number of hydrogen-bond donors (Lipinski definition) is 1. The van der Waals surface area contributed by atoms with Gasteiger partial charge in [-0.05, 0) is 43.9 Å². The molecule has 1 fully saturated rings. The van der Waals surface area contributed by atoms with Gasteiger partial charge in [0.1, 0.15) is 0 Å². The number of hydrogen-bond acceptors (Lipinski definition) is 6. The summed E-state index contributed by atoms with van der Waals surface area (Å²) < 4.78 is 40.7. The maximum absolute atomic E-state index is 13.1. The van der Waals surface area contributed by atoms with Crippen molar-refractivity contribution in [1.29, 1.82) is 0 Å². The molecule has 1 saturated heterocycles. The standard InChI is InChI=1S/C22H30N4O5S/c1-17-15-24-25(16-17)9-2-8-23-22(27)18-6-10-26(11-7-18)32(28,29)19-4-5-20-21(14-19)31-13-3-12-30-20/h4-5,14-16,18H,2-3,6-13H2,1H3,(H,23,27). The van der Waals surface area contributed by atoms with Gasteiger partial charge in [-0.3, -0.25) is 9.48 Å². The molecule has 9 nitrogen and oxygen atoms in total. The van der Waals surface area contributed by atoms with Gasteiger partial charge in [0.15, 0.2) is 11.5 Å². The number of amides is 1. The summed E-state index contributed by atoms with van der Waals surface area (Å²) in [6.45, 7) is 5.01. The molecule has 10 heteroatoms. The number of ether oxygens (including phenoxy) is 2. The zero-order chi connectivity index (χ0) is 22.6. The van der Waals surface area contributed by atoms with E-state index < -0.39 is 10.0 Å². The minimum absolute atomic E-state index is 0.00530. The van der Waals surface area contributed by atoms with Gasteiger partial charge in [-0.1, -0.05) is 0 Å². The predicted molar refractivity (Wildman–Crippen MR) is 118 cm³/mol. The molecule has 2 aromatic rings. The van der Waals surface area contributed by atoms with Gasteiger partial charge in [0.05, 0.1) is 24.3 Å². The summed E-state index contributed by atoms with van der Waals surface area (Å²) in [5.74, 6) is 0.856. The Balaban J connectivity index is 1.27. The highest BCUT2D eigenvalue weighted by molar-refractivity contribution is 7.89.